The Kier molecular flexibility index (Phi) is 9.33. The van der Waals surface area contributed by atoms with Crippen molar-refractivity contribution < 1.29 is 9.84 Å². The molecule has 108 valence electrons. The maximum absolute atomic E-state index is 8.99. The summed E-state index contributed by atoms with van der Waals surface area (Å²) in [5.74, 6) is 0. The van der Waals surface area contributed by atoms with E-state index in [0.29, 0.717) is 6.61 Å². The topological polar surface area (TPSA) is 41.5 Å². The van der Waals surface area contributed by atoms with E-state index in [2.05, 4.69) is 36.5 Å². The lowest BCUT2D eigenvalue weighted by Crippen LogP contribution is -2.35. The van der Waals surface area contributed by atoms with Crippen molar-refractivity contribution in [3.8, 4) is 0 Å². The number of hydrogen-bond acceptors (Lipinski definition) is 3. The van der Waals surface area contributed by atoms with E-state index in [1.165, 1.54) is 5.56 Å². The zero-order valence-electron chi connectivity index (χ0n) is 12.0. The van der Waals surface area contributed by atoms with Crippen LogP contribution < -0.4 is 5.32 Å². The molecule has 0 aliphatic heterocycles. The van der Waals surface area contributed by atoms with Crippen LogP contribution in [0.5, 0.6) is 0 Å². The summed E-state index contributed by atoms with van der Waals surface area (Å²) in [6.45, 7) is 4.82. The van der Waals surface area contributed by atoms with E-state index in [9.17, 15) is 0 Å². The van der Waals surface area contributed by atoms with E-state index >= 15 is 0 Å². The minimum absolute atomic E-state index is 0.217. The summed E-state index contributed by atoms with van der Waals surface area (Å²) in [5.41, 5.74) is 1.36. The predicted molar refractivity (Wildman–Crippen MR) is 79.4 cm³/mol. The van der Waals surface area contributed by atoms with Crippen LogP contribution in [0.3, 0.4) is 0 Å². The molecule has 0 radical (unpaired) electrons. The van der Waals surface area contributed by atoms with Crippen molar-refractivity contribution in [1.82, 2.24) is 5.32 Å². The van der Waals surface area contributed by atoms with E-state index in [1.54, 1.807) is 0 Å². The van der Waals surface area contributed by atoms with Gasteiger partial charge in [-0.25, -0.2) is 0 Å². The van der Waals surface area contributed by atoms with Gasteiger partial charge in [0.1, 0.15) is 0 Å². The van der Waals surface area contributed by atoms with Gasteiger partial charge in [-0.3, -0.25) is 0 Å². The second kappa shape index (κ2) is 11.0. The average Bonchev–Trinajstić information content (AvgIpc) is 2.45. The Morgan fingerprint density at radius 2 is 2.05 bits per heavy atom. The normalized spacial score (nSPS) is 12.5. The largest absolute Gasteiger partial charge is 0.396 e. The molecule has 0 aliphatic rings. The van der Waals surface area contributed by atoms with E-state index in [4.69, 9.17) is 9.84 Å². The first-order valence-electron chi connectivity index (χ1n) is 7.32. The zero-order valence-corrected chi connectivity index (χ0v) is 12.0. The summed E-state index contributed by atoms with van der Waals surface area (Å²) in [7, 11) is 0. The van der Waals surface area contributed by atoms with Crippen molar-refractivity contribution in [2.45, 2.75) is 38.6 Å². The van der Waals surface area contributed by atoms with Crippen LogP contribution in [0, 0.1) is 0 Å². The summed E-state index contributed by atoms with van der Waals surface area (Å²) in [5, 5.41) is 12.4. The lowest BCUT2D eigenvalue weighted by atomic mass is 10.1. The van der Waals surface area contributed by atoms with Crippen LogP contribution in [0.4, 0.5) is 0 Å². The third-order valence-corrected chi connectivity index (χ3v) is 3.08. The Labute approximate surface area is 117 Å². The number of aliphatic hydroxyl groups excluding tert-OH is 1. The van der Waals surface area contributed by atoms with Gasteiger partial charge in [-0.2, -0.15) is 0 Å². The fourth-order valence-corrected chi connectivity index (χ4v) is 2.00. The molecule has 0 bridgehead atoms. The highest BCUT2D eigenvalue weighted by molar-refractivity contribution is 5.14. The van der Waals surface area contributed by atoms with Crippen LogP contribution in [0.25, 0.3) is 0 Å². The molecular formula is C16H27NO2. The second-order valence-electron chi connectivity index (χ2n) is 4.83. The van der Waals surface area contributed by atoms with Gasteiger partial charge in [-0.05, 0) is 37.8 Å². The van der Waals surface area contributed by atoms with Crippen molar-refractivity contribution in [1.29, 1.82) is 0 Å². The van der Waals surface area contributed by atoms with Gasteiger partial charge in [0, 0.05) is 19.3 Å². The second-order valence-corrected chi connectivity index (χ2v) is 4.83. The summed E-state index contributed by atoms with van der Waals surface area (Å²) in [4.78, 5) is 0. The summed E-state index contributed by atoms with van der Waals surface area (Å²) >= 11 is 0. The Hall–Kier alpha value is -0.900. The molecule has 19 heavy (non-hydrogen) atoms. The standard InChI is InChI=1S/C16H27NO2/c1-2-11-17-16(10-12-18)14-19-13-6-9-15-7-4-3-5-8-15/h3-5,7-8,16-18H,2,6,9-14H2,1H3. The number of benzene rings is 1. The molecule has 1 unspecified atom stereocenters. The first-order chi connectivity index (χ1) is 9.36. The van der Waals surface area contributed by atoms with E-state index in [1.807, 2.05) is 6.07 Å². The molecule has 1 aromatic rings. The third kappa shape index (κ3) is 7.98. The van der Waals surface area contributed by atoms with Crippen molar-refractivity contribution in [2.75, 3.05) is 26.4 Å². The summed E-state index contributed by atoms with van der Waals surface area (Å²) < 4.78 is 5.69. The maximum Gasteiger partial charge on any atom is 0.0620 e. The molecule has 0 saturated heterocycles. The molecule has 3 nitrogen and oxygen atoms in total. The van der Waals surface area contributed by atoms with Crippen LogP contribution in [-0.4, -0.2) is 37.5 Å². The van der Waals surface area contributed by atoms with Crippen molar-refractivity contribution >= 4 is 0 Å². The average molecular weight is 265 g/mol. The summed E-state index contributed by atoms with van der Waals surface area (Å²) in [6, 6.07) is 10.8. The molecule has 0 aromatic heterocycles. The van der Waals surface area contributed by atoms with Gasteiger partial charge in [0.15, 0.2) is 0 Å². The van der Waals surface area contributed by atoms with Gasteiger partial charge in [0.25, 0.3) is 0 Å². The number of aryl methyl sites for hydroxylation is 1. The fourth-order valence-electron chi connectivity index (χ4n) is 2.00. The van der Waals surface area contributed by atoms with Gasteiger partial charge < -0.3 is 15.2 Å². The van der Waals surface area contributed by atoms with Gasteiger partial charge >= 0.3 is 0 Å². The monoisotopic (exact) mass is 265 g/mol. The molecular weight excluding hydrogens is 238 g/mol. The number of ether oxygens (including phenoxy) is 1. The quantitative estimate of drug-likeness (QED) is 0.604. The van der Waals surface area contributed by atoms with Gasteiger partial charge in [0.05, 0.1) is 6.61 Å². The highest BCUT2D eigenvalue weighted by atomic mass is 16.5. The SMILES string of the molecule is CCCNC(CCO)COCCCc1ccccc1. The Morgan fingerprint density at radius 3 is 2.74 bits per heavy atom. The number of hydrogen-bond donors (Lipinski definition) is 2. The van der Waals surface area contributed by atoms with Crippen molar-refractivity contribution in [3.05, 3.63) is 35.9 Å². The molecule has 0 aliphatic carbocycles. The Bertz CT molecular complexity index is 303. The zero-order chi connectivity index (χ0) is 13.8. The molecule has 1 atom stereocenters. The fraction of sp³-hybridized carbons (Fsp3) is 0.625. The minimum atomic E-state index is 0.217. The van der Waals surface area contributed by atoms with Crippen LogP contribution in [0.15, 0.2) is 30.3 Å². The lowest BCUT2D eigenvalue weighted by Gasteiger charge is -2.17. The first kappa shape index (κ1) is 16.2. The smallest absolute Gasteiger partial charge is 0.0620 e. The van der Waals surface area contributed by atoms with Gasteiger partial charge in [-0.1, -0.05) is 37.3 Å². The number of aliphatic hydroxyl groups is 1. The molecule has 0 amide bonds. The molecule has 0 saturated carbocycles. The molecule has 0 heterocycles. The first-order valence-corrected chi connectivity index (χ1v) is 7.32. The minimum Gasteiger partial charge on any atom is -0.396 e. The molecule has 0 spiro atoms. The van der Waals surface area contributed by atoms with Crippen LogP contribution >= 0.6 is 0 Å². The number of rotatable bonds is 11. The number of nitrogens with one attached hydrogen (secondary N) is 1. The highest BCUT2D eigenvalue weighted by Gasteiger charge is 2.06. The molecule has 1 aromatic carbocycles. The Balaban J connectivity index is 2.07. The highest BCUT2D eigenvalue weighted by Crippen LogP contribution is 2.03. The summed E-state index contributed by atoms with van der Waals surface area (Å²) in [6.07, 6.45) is 3.98. The van der Waals surface area contributed by atoms with Crippen molar-refractivity contribution in [2.24, 2.45) is 0 Å². The molecule has 0 fully saturated rings. The van der Waals surface area contributed by atoms with E-state index in [0.717, 1.165) is 38.8 Å². The molecule has 1 rings (SSSR count). The van der Waals surface area contributed by atoms with Gasteiger partial charge in [0.2, 0.25) is 0 Å². The molecule has 2 N–H and O–H groups in total. The van der Waals surface area contributed by atoms with E-state index in [-0.39, 0.29) is 12.6 Å². The Morgan fingerprint density at radius 1 is 1.26 bits per heavy atom. The molecule has 3 heteroatoms. The van der Waals surface area contributed by atoms with E-state index < -0.39 is 0 Å². The van der Waals surface area contributed by atoms with Gasteiger partial charge in [-0.15, -0.1) is 0 Å². The van der Waals surface area contributed by atoms with Crippen LogP contribution in [-0.2, 0) is 11.2 Å². The maximum atomic E-state index is 8.99. The predicted octanol–water partition coefficient (Wildman–Crippen LogP) is 2.39. The lowest BCUT2D eigenvalue weighted by molar-refractivity contribution is 0.1000. The third-order valence-electron chi connectivity index (χ3n) is 3.08. The van der Waals surface area contributed by atoms with Crippen molar-refractivity contribution in [3.63, 3.8) is 0 Å². The van der Waals surface area contributed by atoms with Crippen LogP contribution in [0.2, 0.25) is 0 Å². The van der Waals surface area contributed by atoms with Crippen LogP contribution in [0.1, 0.15) is 31.7 Å².